The number of nitrogens with one attached hydrogen (secondary N) is 1. The minimum Gasteiger partial charge on any atom is -0.319 e. The van der Waals surface area contributed by atoms with E-state index in [-0.39, 0.29) is 17.9 Å². The van der Waals surface area contributed by atoms with Crippen molar-refractivity contribution in [1.29, 1.82) is 0 Å². The zero-order chi connectivity index (χ0) is 21.7. The molecular formula is C24H26N4O2. The molecule has 154 valence electrons. The van der Waals surface area contributed by atoms with E-state index in [1.165, 1.54) is 10.5 Å². The molecule has 1 aliphatic heterocycles. The molecule has 1 saturated heterocycles. The Bertz CT molecular complexity index is 1150. The fourth-order valence-corrected chi connectivity index (χ4v) is 3.76. The van der Waals surface area contributed by atoms with Crippen LogP contribution >= 0.6 is 0 Å². The summed E-state index contributed by atoms with van der Waals surface area (Å²) in [5.41, 5.74) is 3.70. The topological polar surface area (TPSA) is 75.2 Å². The minimum absolute atomic E-state index is 0.0146. The Kier molecular flexibility index (Phi) is 4.60. The van der Waals surface area contributed by atoms with Gasteiger partial charge in [0.1, 0.15) is 5.54 Å². The lowest BCUT2D eigenvalue weighted by molar-refractivity contribution is -0.131. The van der Waals surface area contributed by atoms with E-state index in [2.05, 4.69) is 36.1 Å². The number of nitrogens with zero attached hydrogens (tertiary/aromatic N) is 3. The Morgan fingerprint density at radius 3 is 2.17 bits per heavy atom. The Balaban J connectivity index is 1.63. The summed E-state index contributed by atoms with van der Waals surface area (Å²) in [6.45, 7) is 10.1. The number of hydrogen-bond donors (Lipinski definition) is 1. The minimum atomic E-state index is -1.11. The molecular weight excluding hydrogens is 376 g/mol. The van der Waals surface area contributed by atoms with Gasteiger partial charge in [-0.2, -0.15) is 0 Å². The maximum Gasteiger partial charge on any atom is 0.325 e. The van der Waals surface area contributed by atoms with Crippen molar-refractivity contribution in [2.45, 2.75) is 52.1 Å². The smallest absolute Gasteiger partial charge is 0.319 e. The third-order valence-electron chi connectivity index (χ3n) is 5.75. The quantitative estimate of drug-likeness (QED) is 0.666. The monoisotopic (exact) mass is 402 g/mol. The van der Waals surface area contributed by atoms with Gasteiger partial charge in [-0.1, -0.05) is 57.2 Å². The molecule has 2 aromatic carbocycles. The first-order valence-electron chi connectivity index (χ1n) is 10.1. The van der Waals surface area contributed by atoms with Crippen LogP contribution in [-0.4, -0.2) is 26.8 Å². The number of rotatable bonds is 3. The molecule has 0 saturated carbocycles. The van der Waals surface area contributed by atoms with Gasteiger partial charge >= 0.3 is 6.03 Å². The Hall–Kier alpha value is -3.28. The molecule has 1 fully saturated rings. The maximum absolute atomic E-state index is 13.3. The third kappa shape index (κ3) is 3.32. The number of aryl methyl sites for hydroxylation is 1. The van der Waals surface area contributed by atoms with Gasteiger partial charge in [-0.3, -0.25) is 9.69 Å². The van der Waals surface area contributed by atoms with Gasteiger partial charge in [0.25, 0.3) is 5.91 Å². The van der Waals surface area contributed by atoms with E-state index in [0.717, 1.165) is 16.6 Å². The number of amides is 3. The van der Waals surface area contributed by atoms with E-state index in [9.17, 15) is 9.59 Å². The molecule has 2 heterocycles. The third-order valence-corrected chi connectivity index (χ3v) is 5.75. The van der Waals surface area contributed by atoms with Gasteiger partial charge in [0.05, 0.1) is 29.0 Å². The number of hydrogen-bond acceptors (Lipinski definition) is 4. The van der Waals surface area contributed by atoms with Crippen molar-refractivity contribution >= 4 is 23.0 Å². The molecule has 1 aliphatic rings. The SMILES string of the molecule is Cc1nc2ccccc2nc1CN1C(=O)N[C@](C)(c2ccc(C(C)(C)C)cc2)C1=O. The molecule has 0 bridgehead atoms. The van der Waals surface area contributed by atoms with E-state index in [0.29, 0.717) is 11.4 Å². The maximum atomic E-state index is 13.3. The van der Waals surface area contributed by atoms with Gasteiger partial charge in [-0.25, -0.2) is 14.8 Å². The van der Waals surface area contributed by atoms with Crippen LogP contribution in [0.1, 0.15) is 50.2 Å². The van der Waals surface area contributed by atoms with Crippen molar-refractivity contribution < 1.29 is 9.59 Å². The van der Waals surface area contributed by atoms with E-state index < -0.39 is 11.6 Å². The van der Waals surface area contributed by atoms with Crippen LogP contribution in [0.4, 0.5) is 4.79 Å². The van der Waals surface area contributed by atoms with Crippen LogP contribution in [0.2, 0.25) is 0 Å². The lowest BCUT2D eigenvalue weighted by atomic mass is 9.84. The average molecular weight is 402 g/mol. The largest absolute Gasteiger partial charge is 0.325 e. The van der Waals surface area contributed by atoms with E-state index in [1.54, 1.807) is 6.92 Å². The van der Waals surface area contributed by atoms with Crippen molar-refractivity contribution in [3.05, 3.63) is 71.0 Å². The highest BCUT2D eigenvalue weighted by Crippen LogP contribution is 2.32. The number of benzene rings is 2. The van der Waals surface area contributed by atoms with Crippen LogP contribution in [0.15, 0.2) is 48.5 Å². The molecule has 0 unspecified atom stereocenters. The van der Waals surface area contributed by atoms with Crippen molar-refractivity contribution in [3.63, 3.8) is 0 Å². The van der Waals surface area contributed by atoms with Gasteiger partial charge in [0.2, 0.25) is 0 Å². The summed E-state index contributed by atoms with van der Waals surface area (Å²) in [6.07, 6.45) is 0. The second-order valence-electron chi connectivity index (χ2n) is 9.02. The highest BCUT2D eigenvalue weighted by atomic mass is 16.2. The van der Waals surface area contributed by atoms with Gasteiger partial charge in [-0.15, -0.1) is 0 Å². The summed E-state index contributed by atoms with van der Waals surface area (Å²) in [5, 5.41) is 2.87. The molecule has 6 nitrogen and oxygen atoms in total. The van der Waals surface area contributed by atoms with E-state index >= 15 is 0 Å². The highest BCUT2D eigenvalue weighted by Gasteiger charge is 2.49. The normalized spacial score (nSPS) is 19.4. The van der Waals surface area contributed by atoms with E-state index in [4.69, 9.17) is 0 Å². The standard InChI is InChI=1S/C24H26N4O2/c1-15-20(26-19-9-7-6-8-18(19)25-15)14-28-21(29)24(5,27-22(28)30)17-12-10-16(11-13-17)23(2,3)4/h6-13H,14H2,1-5H3,(H,27,30)/t24-/m1/s1. The lowest BCUT2D eigenvalue weighted by Crippen LogP contribution is -2.41. The Labute approximate surface area is 176 Å². The van der Waals surface area contributed by atoms with E-state index in [1.807, 2.05) is 55.5 Å². The number of aromatic nitrogens is 2. The fourth-order valence-electron chi connectivity index (χ4n) is 3.76. The molecule has 0 aliphatic carbocycles. The van der Waals surface area contributed by atoms with Crippen molar-refractivity contribution in [3.8, 4) is 0 Å². The van der Waals surface area contributed by atoms with Crippen LogP contribution in [0.25, 0.3) is 11.0 Å². The molecule has 0 radical (unpaired) electrons. The van der Waals surface area contributed by atoms with Crippen molar-refractivity contribution in [2.75, 3.05) is 0 Å². The predicted molar refractivity (Wildman–Crippen MR) is 116 cm³/mol. The van der Waals surface area contributed by atoms with Crippen molar-refractivity contribution in [1.82, 2.24) is 20.2 Å². The Morgan fingerprint density at radius 1 is 0.967 bits per heavy atom. The number of para-hydroxylation sites is 2. The summed E-state index contributed by atoms with van der Waals surface area (Å²) < 4.78 is 0. The zero-order valence-electron chi connectivity index (χ0n) is 18.0. The molecule has 1 atom stereocenters. The molecule has 3 amide bonds. The lowest BCUT2D eigenvalue weighted by Gasteiger charge is -2.24. The second kappa shape index (κ2) is 6.90. The molecule has 1 N–H and O–H groups in total. The summed E-state index contributed by atoms with van der Waals surface area (Å²) in [7, 11) is 0. The number of urea groups is 1. The van der Waals surface area contributed by atoms with Crippen LogP contribution in [0.5, 0.6) is 0 Å². The summed E-state index contributed by atoms with van der Waals surface area (Å²) in [4.78, 5) is 36.4. The number of carbonyl (C=O) groups excluding carboxylic acids is 2. The zero-order valence-corrected chi connectivity index (χ0v) is 18.0. The van der Waals surface area contributed by atoms with Gasteiger partial charge in [0.15, 0.2) is 0 Å². The molecule has 0 spiro atoms. The van der Waals surface area contributed by atoms with Gasteiger partial charge < -0.3 is 5.32 Å². The first-order chi connectivity index (χ1) is 14.1. The molecule has 4 rings (SSSR count). The molecule has 3 aromatic rings. The van der Waals surface area contributed by atoms with Crippen LogP contribution < -0.4 is 5.32 Å². The average Bonchev–Trinajstić information content (AvgIpc) is 2.92. The first-order valence-corrected chi connectivity index (χ1v) is 10.1. The first kappa shape index (κ1) is 20.0. The summed E-state index contributed by atoms with van der Waals surface area (Å²) in [6, 6.07) is 15.0. The molecule has 30 heavy (non-hydrogen) atoms. The van der Waals surface area contributed by atoms with Crippen LogP contribution in [0.3, 0.4) is 0 Å². The highest BCUT2D eigenvalue weighted by molar-refractivity contribution is 6.07. The van der Waals surface area contributed by atoms with Gasteiger partial charge in [0, 0.05) is 0 Å². The van der Waals surface area contributed by atoms with Crippen molar-refractivity contribution in [2.24, 2.45) is 0 Å². The van der Waals surface area contributed by atoms with Crippen LogP contribution in [-0.2, 0) is 22.3 Å². The second-order valence-corrected chi connectivity index (χ2v) is 9.02. The fraction of sp³-hybridized carbons (Fsp3) is 0.333. The Morgan fingerprint density at radius 2 is 1.57 bits per heavy atom. The van der Waals surface area contributed by atoms with Crippen LogP contribution in [0, 0.1) is 6.92 Å². The predicted octanol–water partition coefficient (Wildman–Crippen LogP) is 4.20. The summed E-state index contributed by atoms with van der Waals surface area (Å²) >= 11 is 0. The molecule has 6 heteroatoms. The molecule has 1 aromatic heterocycles. The number of imide groups is 1. The summed E-state index contributed by atoms with van der Waals surface area (Å²) in [5.74, 6) is -0.287. The number of fused-ring (bicyclic) bond motifs is 1. The number of carbonyl (C=O) groups is 2. The van der Waals surface area contributed by atoms with Gasteiger partial charge in [-0.05, 0) is 42.5 Å².